The van der Waals surface area contributed by atoms with Crippen molar-refractivity contribution < 1.29 is 13.2 Å². The van der Waals surface area contributed by atoms with Crippen molar-refractivity contribution in [2.24, 2.45) is 0 Å². The summed E-state index contributed by atoms with van der Waals surface area (Å²) in [7, 11) is -1.80. The predicted octanol–water partition coefficient (Wildman–Crippen LogP) is 0.723. The number of rotatable bonds is 5. The molecule has 0 saturated heterocycles. The molecule has 1 aromatic carbocycles. The molecule has 5 heteroatoms. The fourth-order valence-electron chi connectivity index (χ4n) is 1.02. The van der Waals surface area contributed by atoms with Crippen LogP contribution >= 0.6 is 0 Å². The molecule has 0 amide bonds. The first-order valence-electron chi connectivity index (χ1n) is 4.56. The van der Waals surface area contributed by atoms with Gasteiger partial charge in [0.15, 0.2) is 0 Å². The van der Waals surface area contributed by atoms with Gasteiger partial charge in [-0.1, -0.05) is 6.07 Å². The zero-order chi connectivity index (χ0) is 11.3. The smallest absolute Gasteiger partial charge is 0.214 e. The van der Waals surface area contributed by atoms with Gasteiger partial charge in [0.05, 0.1) is 5.75 Å². The normalized spacial score (nSPS) is 11.3. The maximum absolute atomic E-state index is 11.1. The minimum Gasteiger partial charge on any atom is -0.492 e. The fraction of sp³-hybridized carbons (Fsp3) is 0.400. The Labute approximate surface area is 90.3 Å². The van der Waals surface area contributed by atoms with Gasteiger partial charge >= 0.3 is 0 Å². The number of ether oxygens (including phenoxy) is 1. The number of nitrogens with one attached hydrogen (secondary N) is 1. The van der Waals surface area contributed by atoms with E-state index in [2.05, 4.69) is 10.8 Å². The summed E-state index contributed by atoms with van der Waals surface area (Å²) < 4.78 is 29.6. The van der Waals surface area contributed by atoms with Crippen LogP contribution < -0.4 is 9.46 Å². The van der Waals surface area contributed by atoms with E-state index in [9.17, 15) is 8.42 Å². The molecule has 0 aliphatic heterocycles. The largest absolute Gasteiger partial charge is 0.492 e. The third-order valence-corrected chi connectivity index (χ3v) is 3.18. The first-order chi connectivity index (χ1) is 7.03. The Balaban J connectivity index is 2.45. The summed E-state index contributed by atoms with van der Waals surface area (Å²) in [6, 6.07) is 8.29. The van der Waals surface area contributed by atoms with Gasteiger partial charge in [-0.3, -0.25) is 0 Å². The van der Waals surface area contributed by atoms with Crippen molar-refractivity contribution in [1.29, 1.82) is 0 Å². The van der Waals surface area contributed by atoms with Crippen molar-refractivity contribution in [3.63, 3.8) is 0 Å². The average Bonchev–Trinajstić information content (AvgIpc) is 2.18. The van der Waals surface area contributed by atoms with Gasteiger partial charge in [-0.15, -0.1) is 0 Å². The molecule has 0 saturated carbocycles. The molecule has 1 aromatic rings. The molecular formula is C10H14NO3S. The van der Waals surface area contributed by atoms with Crippen LogP contribution in [0.4, 0.5) is 0 Å². The van der Waals surface area contributed by atoms with Crippen molar-refractivity contribution in [3.05, 3.63) is 29.8 Å². The molecule has 0 unspecified atom stereocenters. The summed E-state index contributed by atoms with van der Waals surface area (Å²) in [6.07, 6.45) is 0. The Kier molecular flexibility index (Phi) is 4.11. The second-order valence-electron chi connectivity index (χ2n) is 3.08. The Morgan fingerprint density at radius 2 is 2.27 bits per heavy atom. The highest BCUT2D eigenvalue weighted by Crippen LogP contribution is 2.11. The minimum atomic E-state index is -3.18. The molecule has 0 bridgehead atoms. The Morgan fingerprint density at radius 1 is 1.53 bits per heavy atom. The molecule has 0 fully saturated rings. The molecule has 0 aliphatic rings. The summed E-state index contributed by atoms with van der Waals surface area (Å²) in [5, 5.41) is 0. The third-order valence-electron chi connectivity index (χ3n) is 1.85. The lowest BCUT2D eigenvalue weighted by Gasteiger charge is -2.06. The molecule has 83 valence electrons. The molecule has 0 spiro atoms. The average molecular weight is 228 g/mol. The van der Waals surface area contributed by atoms with Gasteiger partial charge in [0.25, 0.3) is 0 Å². The van der Waals surface area contributed by atoms with Gasteiger partial charge < -0.3 is 4.74 Å². The van der Waals surface area contributed by atoms with E-state index in [0.717, 1.165) is 5.56 Å². The van der Waals surface area contributed by atoms with E-state index in [1.54, 1.807) is 12.1 Å². The lowest BCUT2D eigenvalue weighted by Crippen LogP contribution is -2.25. The molecule has 15 heavy (non-hydrogen) atoms. The van der Waals surface area contributed by atoms with Gasteiger partial charge in [0.1, 0.15) is 12.4 Å². The van der Waals surface area contributed by atoms with E-state index in [-0.39, 0.29) is 12.4 Å². The predicted molar refractivity (Wildman–Crippen MR) is 58.4 cm³/mol. The van der Waals surface area contributed by atoms with Crippen LogP contribution in [0, 0.1) is 13.0 Å². The summed E-state index contributed by atoms with van der Waals surface area (Å²) in [4.78, 5) is 0. The maximum atomic E-state index is 11.1. The topological polar surface area (TPSA) is 55.4 Å². The lowest BCUT2D eigenvalue weighted by atomic mass is 10.2. The molecular weight excluding hydrogens is 214 g/mol. The highest BCUT2D eigenvalue weighted by molar-refractivity contribution is 7.89. The molecule has 4 nitrogen and oxygen atoms in total. The Morgan fingerprint density at radius 3 is 2.87 bits per heavy atom. The SMILES string of the molecule is CNS(=O)(=O)CCOc1cc[c]c(C)c1. The van der Waals surface area contributed by atoms with Gasteiger partial charge in [-0.2, -0.15) is 0 Å². The molecule has 1 N–H and O–H groups in total. The van der Waals surface area contributed by atoms with Crippen molar-refractivity contribution >= 4 is 10.0 Å². The van der Waals surface area contributed by atoms with Crippen LogP contribution in [0.3, 0.4) is 0 Å². The molecule has 0 aromatic heterocycles. The maximum Gasteiger partial charge on any atom is 0.214 e. The highest BCUT2D eigenvalue weighted by Gasteiger charge is 2.06. The van der Waals surface area contributed by atoms with Crippen molar-refractivity contribution in [2.45, 2.75) is 6.92 Å². The number of hydrogen-bond acceptors (Lipinski definition) is 3. The molecule has 1 radical (unpaired) electrons. The van der Waals surface area contributed by atoms with E-state index in [1.807, 2.05) is 13.0 Å². The highest BCUT2D eigenvalue weighted by atomic mass is 32.2. The van der Waals surface area contributed by atoms with Crippen LogP contribution in [0.2, 0.25) is 0 Å². The monoisotopic (exact) mass is 228 g/mol. The first-order valence-corrected chi connectivity index (χ1v) is 6.21. The van der Waals surface area contributed by atoms with E-state index in [1.165, 1.54) is 7.05 Å². The van der Waals surface area contributed by atoms with Gasteiger partial charge in [-0.25, -0.2) is 13.1 Å². The van der Waals surface area contributed by atoms with E-state index in [0.29, 0.717) is 5.75 Å². The van der Waals surface area contributed by atoms with Crippen LogP contribution in [0.1, 0.15) is 5.56 Å². The second-order valence-corrected chi connectivity index (χ2v) is 5.12. The Bertz CT molecular complexity index is 414. The summed E-state index contributed by atoms with van der Waals surface area (Å²) in [6.45, 7) is 2.05. The van der Waals surface area contributed by atoms with Crippen LogP contribution in [-0.2, 0) is 10.0 Å². The molecule has 1 rings (SSSR count). The van der Waals surface area contributed by atoms with Crippen molar-refractivity contribution in [2.75, 3.05) is 19.4 Å². The van der Waals surface area contributed by atoms with Crippen molar-refractivity contribution in [1.82, 2.24) is 4.72 Å². The number of sulfonamides is 1. The molecule has 0 aliphatic carbocycles. The van der Waals surface area contributed by atoms with E-state index < -0.39 is 10.0 Å². The van der Waals surface area contributed by atoms with Crippen LogP contribution in [0.15, 0.2) is 18.2 Å². The van der Waals surface area contributed by atoms with E-state index >= 15 is 0 Å². The van der Waals surface area contributed by atoms with Gasteiger partial charge in [-0.05, 0) is 37.7 Å². The number of hydrogen-bond donors (Lipinski definition) is 1. The third kappa shape index (κ3) is 4.31. The summed E-state index contributed by atoms with van der Waals surface area (Å²) in [5.74, 6) is 0.624. The minimum absolute atomic E-state index is 0.0405. The first kappa shape index (κ1) is 12.0. The molecule has 0 atom stereocenters. The summed E-state index contributed by atoms with van der Waals surface area (Å²) in [5.41, 5.74) is 0.962. The van der Waals surface area contributed by atoms with Crippen molar-refractivity contribution in [3.8, 4) is 5.75 Å². The van der Waals surface area contributed by atoms with Crippen LogP contribution in [0.25, 0.3) is 0 Å². The summed E-state index contributed by atoms with van der Waals surface area (Å²) >= 11 is 0. The quantitative estimate of drug-likeness (QED) is 0.808. The number of benzene rings is 1. The molecule has 0 heterocycles. The second kappa shape index (κ2) is 5.14. The number of aryl methyl sites for hydroxylation is 1. The Hall–Kier alpha value is -1.07. The zero-order valence-corrected chi connectivity index (χ0v) is 9.60. The van der Waals surface area contributed by atoms with Gasteiger partial charge in [0, 0.05) is 0 Å². The lowest BCUT2D eigenvalue weighted by molar-refractivity contribution is 0.340. The van der Waals surface area contributed by atoms with Gasteiger partial charge in [0.2, 0.25) is 10.0 Å². The van der Waals surface area contributed by atoms with Crippen LogP contribution in [-0.4, -0.2) is 27.8 Å². The van der Waals surface area contributed by atoms with E-state index in [4.69, 9.17) is 4.74 Å². The van der Waals surface area contributed by atoms with Crippen LogP contribution in [0.5, 0.6) is 5.75 Å². The fourth-order valence-corrected chi connectivity index (χ4v) is 1.53. The standard InChI is InChI=1S/C10H14NO3S/c1-9-4-3-5-10(8-9)14-6-7-15(12,13)11-2/h3,5,8,11H,6-7H2,1-2H3. The zero-order valence-electron chi connectivity index (χ0n) is 8.78.